The third-order valence-corrected chi connectivity index (χ3v) is 3.38. The van der Waals surface area contributed by atoms with Crippen LogP contribution in [0.25, 0.3) is 0 Å². The lowest BCUT2D eigenvalue weighted by Gasteiger charge is -2.22. The number of aliphatic hydroxyl groups is 1. The summed E-state index contributed by atoms with van der Waals surface area (Å²) in [5, 5.41) is 11.5. The summed E-state index contributed by atoms with van der Waals surface area (Å²) in [7, 11) is 1.59. The first-order valence-corrected chi connectivity index (χ1v) is 6.42. The van der Waals surface area contributed by atoms with Gasteiger partial charge in [0.25, 0.3) is 5.92 Å². The minimum Gasteiger partial charge on any atom is -0.497 e. The van der Waals surface area contributed by atoms with E-state index in [1.54, 1.807) is 7.11 Å². The Hall–Kier alpha value is -1.20. The number of nitrogens with one attached hydrogen (secondary N) is 1. The van der Waals surface area contributed by atoms with E-state index in [2.05, 4.69) is 5.32 Å². The highest BCUT2D eigenvalue weighted by atomic mass is 19.3. The number of rotatable bonds is 7. The topological polar surface area (TPSA) is 41.5 Å². The van der Waals surface area contributed by atoms with E-state index in [4.69, 9.17) is 9.84 Å². The van der Waals surface area contributed by atoms with Gasteiger partial charge in [0.2, 0.25) is 0 Å². The van der Waals surface area contributed by atoms with Crippen LogP contribution in [0.5, 0.6) is 5.75 Å². The maximum atomic E-state index is 13.1. The average molecular weight is 271 g/mol. The van der Waals surface area contributed by atoms with Crippen LogP contribution in [-0.4, -0.2) is 31.3 Å². The van der Waals surface area contributed by atoms with E-state index in [0.29, 0.717) is 5.92 Å². The molecule has 0 spiro atoms. The van der Waals surface area contributed by atoms with E-state index >= 15 is 0 Å². The molecular formula is C14H19F2NO2. The minimum absolute atomic E-state index is 0.0802. The highest BCUT2D eigenvalue weighted by molar-refractivity contribution is 5.30. The van der Waals surface area contributed by atoms with Crippen LogP contribution in [0.3, 0.4) is 0 Å². The van der Waals surface area contributed by atoms with Crippen LogP contribution in [0.4, 0.5) is 8.78 Å². The summed E-state index contributed by atoms with van der Waals surface area (Å²) >= 11 is 0. The van der Waals surface area contributed by atoms with Gasteiger partial charge >= 0.3 is 0 Å². The van der Waals surface area contributed by atoms with E-state index in [1.165, 1.54) is 0 Å². The van der Waals surface area contributed by atoms with Gasteiger partial charge in [0, 0.05) is 6.04 Å². The molecule has 2 rings (SSSR count). The van der Waals surface area contributed by atoms with Crippen molar-refractivity contribution in [2.45, 2.75) is 24.8 Å². The first-order chi connectivity index (χ1) is 9.05. The molecule has 1 aromatic carbocycles. The Kier molecular flexibility index (Phi) is 4.37. The molecule has 1 aliphatic carbocycles. The Bertz CT molecular complexity index is 404. The van der Waals surface area contributed by atoms with Gasteiger partial charge in [-0.05, 0) is 36.5 Å². The predicted molar refractivity (Wildman–Crippen MR) is 68.5 cm³/mol. The molecule has 1 fully saturated rings. The summed E-state index contributed by atoms with van der Waals surface area (Å²) in [6, 6.07) is 7.37. The van der Waals surface area contributed by atoms with E-state index in [0.717, 1.165) is 24.2 Å². The van der Waals surface area contributed by atoms with E-state index in [1.807, 2.05) is 24.3 Å². The molecule has 0 amide bonds. The molecule has 1 atom stereocenters. The Morgan fingerprint density at radius 1 is 1.37 bits per heavy atom. The molecule has 0 bridgehead atoms. The number of hydrogen-bond acceptors (Lipinski definition) is 3. The van der Waals surface area contributed by atoms with Gasteiger partial charge in [-0.3, -0.25) is 0 Å². The van der Waals surface area contributed by atoms with Gasteiger partial charge in [-0.15, -0.1) is 0 Å². The molecule has 2 N–H and O–H groups in total. The van der Waals surface area contributed by atoms with Gasteiger partial charge in [0.05, 0.1) is 13.7 Å². The van der Waals surface area contributed by atoms with Crippen LogP contribution in [0.1, 0.15) is 24.4 Å². The molecule has 0 aromatic heterocycles. The van der Waals surface area contributed by atoms with Gasteiger partial charge in [-0.2, -0.15) is 0 Å². The van der Waals surface area contributed by atoms with Crippen molar-refractivity contribution < 1.29 is 18.6 Å². The van der Waals surface area contributed by atoms with Crippen molar-refractivity contribution in [2.75, 3.05) is 20.3 Å². The van der Waals surface area contributed by atoms with Crippen molar-refractivity contribution in [3.8, 4) is 5.75 Å². The fourth-order valence-electron chi connectivity index (χ4n) is 2.11. The van der Waals surface area contributed by atoms with Crippen molar-refractivity contribution >= 4 is 0 Å². The Morgan fingerprint density at radius 2 is 2.00 bits per heavy atom. The third-order valence-electron chi connectivity index (χ3n) is 3.38. The second-order valence-electron chi connectivity index (χ2n) is 4.98. The number of methoxy groups -OCH3 is 1. The lowest BCUT2D eigenvalue weighted by Crippen LogP contribution is -2.38. The monoisotopic (exact) mass is 271 g/mol. The molecule has 0 radical (unpaired) electrons. The molecule has 0 saturated heterocycles. The molecule has 1 saturated carbocycles. The van der Waals surface area contributed by atoms with Gasteiger partial charge in [-0.1, -0.05) is 12.1 Å². The normalized spacial score (nSPS) is 17.3. The van der Waals surface area contributed by atoms with Gasteiger partial charge in [-0.25, -0.2) is 8.78 Å². The zero-order chi connectivity index (χ0) is 13.9. The molecule has 1 aliphatic rings. The SMILES string of the molecule is COc1ccc(C(NCC(F)(F)CO)C2CC2)cc1. The summed E-state index contributed by atoms with van der Waals surface area (Å²) in [6.07, 6.45) is 2.10. The quantitative estimate of drug-likeness (QED) is 0.800. The number of benzene rings is 1. The highest BCUT2D eigenvalue weighted by Crippen LogP contribution is 2.41. The number of hydrogen-bond donors (Lipinski definition) is 2. The van der Waals surface area contributed by atoms with Crippen molar-refractivity contribution in [3.05, 3.63) is 29.8 Å². The summed E-state index contributed by atoms with van der Waals surface area (Å²) in [6.45, 7) is -1.63. The molecule has 0 aliphatic heterocycles. The van der Waals surface area contributed by atoms with Crippen LogP contribution in [0.15, 0.2) is 24.3 Å². The predicted octanol–water partition coefficient (Wildman–Crippen LogP) is 2.36. The molecule has 1 unspecified atom stereocenters. The third kappa shape index (κ3) is 3.88. The standard InChI is InChI=1S/C14H19F2NO2/c1-19-12-6-4-11(5-7-12)13(10-2-3-10)17-8-14(15,16)9-18/h4-7,10,13,17-18H,2-3,8-9H2,1H3. The number of halogens is 2. The summed E-state index contributed by atoms with van der Waals surface area (Å²) in [4.78, 5) is 0. The molecule has 3 nitrogen and oxygen atoms in total. The van der Waals surface area contributed by atoms with Crippen molar-refractivity contribution in [1.82, 2.24) is 5.32 Å². The molecule has 19 heavy (non-hydrogen) atoms. The number of aliphatic hydroxyl groups excluding tert-OH is 1. The van der Waals surface area contributed by atoms with Crippen molar-refractivity contribution in [2.24, 2.45) is 5.92 Å². The number of alkyl halides is 2. The molecule has 5 heteroatoms. The Morgan fingerprint density at radius 3 is 2.47 bits per heavy atom. The van der Waals surface area contributed by atoms with Crippen LogP contribution in [-0.2, 0) is 0 Å². The molecule has 106 valence electrons. The van der Waals surface area contributed by atoms with Crippen molar-refractivity contribution in [1.29, 1.82) is 0 Å². The highest BCUT2D eigenvalue weighted by Gasteiger charge is 2.35. The van der Waals surface area contributed by atoms with Gasteiger partial charge in [0.1, 0.15) is 12.4 Å². The molecular weight excluding hydrogens is 252 g/mol. The largest absolute Gasteiger partial charge is 0.497 e. The summed E-state index contributed by atoms with van der Waals surface area (Å²) < 4.78 is 31.3. The maximum Gasteiger partial charge on any atom is 0.282 e. The van der Waals surface area contributed by atoms with Crippen LogP contribution < -0.4 is 10.1 Å². The summed E-state index contributed by atoms with van der Waals surface area (Å²) in [5.74, 6) is -1.92. The lowest BCUT2D eigenvalue weighted by atomic mass is 10.0. The van der Waals surface area contributed by atoms with E-state index in [9.17, 15) is 8.78 Å². The van der Waals surface area contributed by atoms with Gasteiger partial charge < -0.3 is 15.2 Å². The van der Waals surface area contributed by atoms with Crippen LogP contribution in [0.2, 0.25) is 0 Å². The Balaban J connectivity index is 2.03. The molecule has 1 aromatic rings. The average Bonchev–Trinajstić information content (AvgIpc) is 3.24. The van der Waals surface area contributed by atoms with Crippen LogP contribution in [0, 0.1) is 5.92 Å². The maximum absolute atomic E-state index is 13.1. The molecule has 0 heterocycles. The van der Waals surface area contributed by atoms with E-state index in [-0.39, 0.29) is 6.04 Å². The second kappa shape index (κ2) is 5.84. The first kappa shape index (κ1) is 14.2. The minimum atomic E-state index is -3.07. The van der Waals surface area contributed by atoms with Gasteiger partial charge in [0.15, 0.2) is 0 Å². The fourth-order valence-corrected chi connectivity index (χ4v) is 2.11. The second-order valence-corrected chi connectivity index (χ2v) is 4.98. The smallest absolute Gasteiger partial charge is 0.282 e. The zero-order valence-corrected chi connectivity index (χ0v) is 10.9. The Labute approximate surface area is 111 Å². The lowest BCUT2D eigenvalue weighted by molar-refractivity contribution is -0.0498. The first-order valence-electron chi connectivity index (χ1n) is 6.42. The fraction of sp³-hybridized carbons (Fsp3) is 0.571. The number of ether oxygens (including phenoxy) is 1. The summed E-state index contributed by atoms with van der Waals surface area (Å²) in [5.41, 5.74) is 0.983. The van der Waals surface area contributed by atoms with Crippen molar-refractivity contribution in [3.63, 3.8) is 0 Å². The van der Waals surface area contributed by atoms with E-state index < -0.39 is 19.1 Å². The van der Waals surface area contributed by atoms with Crippen LogP contribution >= 0.6 is 0 Å². The zero-order valence-electron chi connectivity index (χ0n) is 10.9.